The van der Waals surface area contributed by atoms with Crippen LogP contribution in [0.15, 0.2) is 78.9 Å². The summed E-state index contributed by atoms with van der Waals surface area (Å²) in [4.78, 5) is 12.4. The molecular weight excluding hydrogens is 408 g/mol. The van der Waals surface area contributed by atoms with Crippen molar-refractivity contribution >= 4 is 28.9 Å². The molecule has 31 heavy (non-hydrogen) atoms. The van der Waals surface area contributed by atoms with Crippen LogP contribution in [0.2, 0.25) is 0 Å². The van der Waals surface area contributed by atoms with E-state index in [0.29, 0.717) is 18.8 Å². The number of rotatable bonds is 9. The summed E-state index contributed by atoms with van der Waals surface area (Å²) in [5.41, 5.74) is 2.52. The van der Waals surface area contributed by atoms with Crippen LogP contribution in [0.1, 0.15) is 29.3 Å². The third kappa shape index (κ3) is 7.42. The molecule has 0 heterocycles. The molecule has 0 saturated carbocycles. The average molecular weight is 435 g/mol. The third-order valence-corrected chi connectivity index (χ3v) is 4.64. The Kier molecular flexibility index (Phi) is 8.43. The van der Waals surface area contributed by atoms with E-state index in [0.717, 1.165) is 30.0 Å². The number of hydrogen-bond donors (Lipinski definition) is 2. The summed E-state index contributed by atoms with van der Waals surface area (Å²) in [6.07, 6.45) is 1.78. The fourth-order valence-corrected chi connectivity index (χ4v) is 3.04. The summed E-state index contributed by atoms with van der Waals surface area (Å²) in [6, 6.07) is 24.6. The standard InChI is InChI=1S/C25H26N2O3S/c1-2-17-29-22-12-8-20(9-13-22)24(28)27-25(31)26-21-10-14-23(15-11-21)30-18-16-19-6-4-3-5-7-19/h3-15H,2,16-18H2,1H3,(H2,26,27,28,31). The van der Waals surface area contributed by atoms with Gasteiger partial charge in [-0.2, -0.15) is 0 Å². The van der Waals surface area contributed by atoms with Gasteiger partial charge in [0, 0.05) is 17.7 Å². The van der Waals surface area contributed by atoms with Gasteiger partial charge >= 0.3 is 0 Å². The summed E-state index contributed by atoms with van der Waals surface area (Å²) < 4.78 is 11.3. The molecule has 2 N–H and O–H groups in total. The SMILES string of the molecule is CCCOc1ccc(C(=O)NC(=S)Nc2ccc(OCCc3ccccc3)cc2)cc1. The van der Waals surface area contributed by atoms with Crippen molar-refractivity contribution in [2.45, 2.75) is 19.8 Å². The van der Waals surface area contributed by atoms with Crippen molar-refractivity contribution in [2.24, 2.45) is 0 Å². The summed E-state index contributed by atoms with van der Waals surface area (Å²) in [5.74, 6) is 1.24. The van der Waals surface area contributed by atoms with Crippen molar-refractivity contribution in [1.29, 1.82) is 0 Å². The van der Waals surface area contributed by atoms with Gasteiger partial charge in [0.05, 0.1) is 13.2 Å². The molecule has 3 rings (SSSR count). The van der Waals surface area contributed by atoms with Crippen LogP contribution in [0.25, 0.3) is 0 Å². The first-order valence-electron chi connectivity index (χ1n) is 10.3. The predicted molar refractivity (Wildman–Crippen MR) is 128 cm³/mol. The molecule has 0 spiro atoms. The molecule has 6 heteroatoms. The fourth-order valence-electron chi connectivity index (χ4n) is 2.83. The highest BCUT2D eigenvalue weighted by Crippen LogP contribution is 2.16. The largest absolute Gasteiger partial charge is 0.494 e. The molecule has 160 valence electrons. The van der Waals surface area contributed by atoms with Crippen LogP contribution < -0.4 is 20.1 Å². The summed E-state index contributed by atoms with van der Waals surface area (Å²) in [6.45, 7) is 3.30. The van der Waals surface area contributed by atoms with Crippen LogP contribution in [-0.4, -0.2) is 24.2 Å². The highest BCUT2D eigenvalue weighted by atomic mass is 32.1. The lowest BCUT2D eigenvalue weighted by Crippen LogP contribution is -2.34. The molecule has 0 radical (unpaired) electrons. The predicted octanol–water partition coefficient (Wildman–Crippen LogP) is 5.22. The third-order valence-electron chi connectivity index (χ3n) is 4.43. The second-order valence-electron chi connectivity index (χ2n) is 6.89. The Morgan fingerprint density at radius 3 is 2.10 bits per heavy atom. The molecule has 0 aromatic heterocycles. The number of amides is 1. The van der Waals surface area contributed by atoms with Gasteiger partial charge in [0.15, 0.2) is 5.11 Å². The second-order valence-corrected chi connectivity index (χ2v) is 7.30. The molecule has 0 aliphatic heterocycles. The van der Waals surface area contributed by atoms with Crippen LogP contribution in [0, 0.1) is 0 Å². The van der Waals surface area contributed by atoms with Gasteiger partial charge in [0.2, 0.25) is 0 Å². The molecule has 0 aliphatic rings. The quantitative estimate of drug-likeness (QED) is 0.452. The van der Waals surface area contributed by atoms with Gasteiger partial charge in [-0.25, -0.2) is 0 Å². The van der Waals surface area contributed by atoms with E-state index in [1.54, 1.807) is 24.3 Å². The smallest absolute Gasteiger partial charge is 0.257 e. The summed E-state index contributed by atoms with van der Waals surface area (Å²) in [7, 11) is 0. The number of ether oxygens (including phenoxy) is 2. The molecule has 3 aromatic carbocycles. The molecular formula is C25H26N2O3S. The van der Waals surface area contributed by atoms with Crippen molar-refractivity contribution in [3.05, 3.63) is 90.0 Å². The molecule has 5 nitrogen and oxygen atoms in total. The molecule has 0 aliphatic carbocycles. The normalized spacial score (nSPS) is 10.2. The van der Waals surface area contributed by atoms with Gasteiger partial charge < -0.3 is 14.8 Å². The van der Waals surface area contributed by atoms with Crippen LogP contribution in [0.5, 0.6) is 11.5 Å². The van der Waals surface area contributed by atoms with Crippen LogP contribution in [0.3, 0.4) is 0 Å². The number of hydrogen-bond acceptors (Lipinski definition) is 4. The van der Waals surface area contributed by atoms with Gasteiger partial charge in [-0.1, -0.05) is 37.3 Å². The van der Waals surface area contributed by atoms with E-state index in [4.69, 9.17) is 21.7 Å². The van der Waals surface area contributed by atoms with E-state index in [9.17, 15) is 4.79 Å². The Morgan fingerprint density at radius 1 is 0.839 bits per heavy atom. The van der Waals surface area contributed by atoms with E-state index in [1.165, 1.54) is 5.56 Å². The lowest BCUT2D eigenvalue weighted by atomic mass is 10.2. The number of carbonyl (C=O) groups excluding carboxylic acids is 1. The lowest BCUT2D eigenvalue weighted by Gasteiger charge is -2.11. The molecule has 0 atom stereocenters. The Bertz CT molecular complexity index is 974. The number of anilines is 1. The Morgan fingerprint density at radius 2 is 1.45 bits per heavy atom. The van der Waals surface area contributed by atoms with Gasteiger partial charge in [-0.15, -0.1) is 0 Å². The van der Waals surface area contributed by atoms with Crippen LogP contribution in [-0.2, 0) is 6.42 Å². The highest BCUT2D eigenvalue weighted by molar-refractivity contribution is 7.80. The van der Waals surface area contributed by atoms with Crippen molar-refractivity contribution in [1.82, 2.24) is 5.32 Å². The van der Waals surface area contributed by atoms with Crippen molar-refractivity contribution < 1.29 is 14.3 Å². The lowest BCUT2D eigenvalue weighted by molar-refractivity contribution is 0.0977. The van der Waals surface area contributed by atoms with Crippen molar-refractivity contribution in [3.63, 3.8) is 0 Å². The zero-order chi connectivity index (χ0) is 21.9. The van der Waals surface area contributed by atoms with E-state index in [1.807, 2.05) is 49.4 Å². The first-order valence-corrected chi connectivity index (χ1v) is 10.7. The zero-order valence-electron chi connectivity index (χ0n) is 17.5. The van der Waals surface area contributed by atoms with Gasteiger partial charge in [0.1, 0.15) is 11.5 Å². The van der Waals surface area contributed by atoms with Crippen molar-refractivity contribution in [3.8, 4) is 11.5 Å². The van der Waals surface area contributed by atoms with Gasteiger partial charge in [-0.05, 0) is 72.7 Å². The van der Waals surface area contributed by atoms with Crippen molar-refractivity contribution in [2.75, 3.05) is 18.5 Å². The van der Waals surface area contributed by atoms with Gasteiger partial charge in [0.25, 0.3) is 5.91 Å². The topological polar surface area (TPSA) is 59.6 Å². The maximum Gasteiger partial charge on any atom is 0.257 e. The highest BCUT2D eigenvalue weighted by Gasteiger charge is 2.08. The first-order chi connectivity index (χ1) is 15.1. The Balaban J connectivity index is 1.43. The molecule has 0 saturated heterocycles. The van der Waals surface area contributed by atoms with E-state index >= 15 is 0 Å². The number of carbonyl (C=O) groups is 1. The second kappa shape index (κ2) is 11.7. The zero-order valence-corrected chi connectivity index (χ0v) is 18.3. The number of nitrogens with one attached hydrogen (secondary N) is 2. The number of benzene rings is 3. The monoisotopic (exact) mass is 434 g/mol. The van der Waals surface area contributed by atoms with E-state index in [2.05, 4.69) is 22.8 Å². The maximum atomic E-state index is 12.4. The minimum Gasteiger partial charge on any atom is -0.494 e. The number of thiocarbonyl (C=S) groups is 1. The van der Waals surface area contributed by atoms with Gasteiger partial charge in [-0.3, -0.25) is 10.1 Å². The van der Waals surface area contributed by atoms with E-state index in [-0.39, 0.29) is 11.0 Å². The minimum absolute atomic E-state index is 0.231. The van der Waals surface area contributed by atoms with E-state index < -0.39 is 0 Å². The first kappa shape index (κ1) is 22.3. The molecule has 0 unspecified atom stereocenters. The Labute approximate surface area is 188 Å². The fraction of sp³-hybridized carbons (Fsp3) is 0.200. The molecule has 0 fully saturated rings. The minimum atomic E-state index is -0.277. The summed E-state index contributed by atoms with van der Waals surface area (Å²) in [5, 5.41) is 5.92. The van der Waals surface area contributed by atoms with Crippen LogP contribution in [0.4, 0.5) is 5.69 Å². The average Bonchev–Trinajstić information content (AvgIpc) is 2.80. The Hall–Kier alpha value is -3.38. The molecule has 0 bridgehead atoms. The summed E-state index contributed by atoms with van der Waals surface area (Å²) >= 11 is 5.25. The molecule has 3 aromatic rings. The van der Waals surface area contributed by atoms with Crippen LogP contribution >= 0.6 is 12.2 Å². The molecule has 1 amide bonds. The maximum absolute atomic E-state index is 12.4.